The molecule has 0 spiro atoms. The Hall–Kier alpha value is -1.72. The van der Waals surface area contributed by atoms with E-state index in [4.69, 9.17) is 11.6 Å². The highest BCUT2D eigenvalue weighted by molar-refractivity contribution is 7.92. The fourth-order valence-electron chi connectivity index (χ4n) is 2.89. The molecule has 6 heteroatoms. The van der Waals surface area contributed by atoms with E-state index in [0.29, 0.717) is 10.7 Å². The molecule has 2 aromatic rings. The van der Waals surface area contributed by atoms with Crippen molar-refractivity contribution in [2.45, 2.75) is 31.1 Å². The molecule has 3 rings (SSSR count). The Bertz CT molecular complexity index is 813. The molecule has 0 amide bonds. The minimum absolute atomic E-state index is 0.240. The summed E-state index contributed by atoms with van der Waals surface area (Å²) in [6, 6.07) is 12.1. The molecule has 1 N–H and O–H groups in total. The molecule has 2 aromatic carbocycles. The first-order chi connectivity index (χ1) is 11.5. The smallest absolute Gasteiger partial charge is 0.261 e. The molecule has 24 heavy (non-hydrogen) atoms. The highest BCUT2D eigenvalue weighted by Gasteiger charge is 2.17. The summed E-state index contributed by atoms with van der Waals surface area (Å²) in [6.07, 6.45) is 3.58. The molecule has 0 radical (unpaired) electrons. The van der Waals surface area contributed by atoms with Crippen LogP contribution in [0.15, 0.2) is 47.4 Å². The normalized spacial score (nSPS) is 15.3. The maximum atomic E-state index is 12.4. The Balaban J connectivity index is 1.80. The van der Waals surface area contributed by atoms with Crippen molar-refractivity contribution in [2.75, 3.05) is 22.7 Å². The van der Waals surface area contributed by atoms with Crippen LogP contribution in [0.1, 0.15) is 24.8 Å². The molecule has 1 aliphatic heterocycles. The van der Waals surface area contributed by atoms with E-state index >= 15 is 0 Å². The molecule has 1 saturated heterocycles. The monoisotopic (exact) mass is 364 g/mol. The third-order valence-electron chi connectivity index (χ3n) is 4.23. The topological polar surface area (TPSA) is 49.4 Å². The SMILES string of the molecule is Cc1ccc(S(=O)(=O)Nc2ccc(N3CCCCC3)c(Cl)c2)cc1. The number of piperidine rings is 1. The van der Waals surface area contributed by atoms with Gasteiger partial charge in [0.1, 0.15) is 0 Å². The van der Waals surface area contributed by atoms with Crippen molar-refractivity contribution in [1.29, 1.82) is 0 Å². The third-order valence-corrected chi connectivity index (χ3v) is 5.93. The van der Waals surface area contributed by atoms with Crippen molar-refractivity contribution >= 4 is 33.0 Å². The average Bonchev–Trinajstić information content (AvgIpc) is 2.56. The number of benzene rings is 2. The predicted molar refractivity (Wildman–Crippen MR) is 99.5 cm³/mol. The van der Waals surface area contributed by atoms with Crippen LogP contribution in [0.5, 0.6) is 0 Å². The van der Waals surface area contributed by atoms with Crippen molar-refractivity contribution in [2.24, 2.45) is 0 Å². The number of hydrogen-bond donors (Lipinski definition) is 1. The first-order valence-corrected chi connectivity index (χ1v) is 9.96. The summed E-state index contributed by atoms with van der Waals surface area (Å²) in [4.78, 5) is 2.49. The van der Waals surface area contributed by atoms with Gasteiger partial charge in [-0.25, -0.2) is 8.42 Å². The zero-order valence-electron chi connectivity index (χ0n) is 13.6. The Morgan fingerprint density at radius 1 is 1.00 bits per heavy atom. The van der Waals surface area contributed by atoms with Crippen molar-refractivity contribution in [3.63, 3.8) is 0 Å². The number of halogens is 1. The molecule has 0 aliphatic carbocycles. The minimum atomic E-state index is -3.61. The lowest BCUT2D eigenvalue weighted by molar-refractivity contribution is 0.578. The zero-order valence-corrected chi connectivity index (χ0v) is 15.2. The van der Waals surface area contributed by atoms with Crippen LogP contribution < -0.4 is 9.62 Å². The molecule has 1 fully saturated rings. The van der Waals surface area contributed by atoms with Gasteiger partial charge in [-0.2, -0.15) is 0 Å². The molecular weight excluding hydrogens is 344 g/mol. The number of sulfonamides is 1. The molecule has 0 atom stereocenters. The highest BCUT2D eigenvalue weighted by atomic mass is 35.5. The molecule has 0 saturated carbocycles. The average molecular weight is 365 g/mol. The first-order valence-electron chi connectivity index (χ1n) is 8.10. The van der Waals surface area contributed by atoms with Gasteiger partial charge in [0, 0.05) is 13.1 Å². The van der Waals surface area contributed by atoms with Gasteiger partial charge < -0.3 is 4.90 Å². The summed E-state index contributed by atoms with van der Waals surface area (Å²) >= 11 is 6.38. The van der Waals surface area contributed by atoms with E-state index in [1.807, 2.05) is 13.0 Å². The molecule has 0 unspecified atom stereocenters. The summed E-state index contributed by atoms with van der Waals surface area (Å²) < 4.78 is 27.5. The van der Waals surface area contributed by atoms with Crippen molar-refractivity contribution < 1.29 is 8.42 Å². The molecular formula is C18H21ClN2O2S. The second kappa shape index (κ2) is 7.03. The number of anilines is 2. The van der Waals surface area contributed by atoms with Crippen LogP contribution >= 0.6 is 11.6 Å². The van der Waals surface area contributed by atoms with Gasteiger partial charge in [-0.1, -0.05) is 29.3 Å². The lowest BCUT2D eigenvalue weighted by Crippen LogP contribution is -2.29. The van der Waals surface area contributed by atoms with Crippen LogP contribution in [0.25, 0.3) is 0 Å². The van der Waals surface area contributed by atoms with Gasteiger partial charge in [-0.05, 0) is 56.5 Å². The minimum Gasteiger partial charge on any atom is -0.370 e. The second-order valence-electron chi connectivity index (χ2n) is 6.13. The van der Waals surface area contributed by atoms with Gasteiger partial charge in [-0.3, -0.25) is 4.72 Å². The quantitative estimate of drug-likeness (QED) is 0.872. The third kappa shape index (κ3) is 3.84. The van der Waals surface area contributed by atoms with E-state index in [-0.39, 0.29) is 4.90 Å². The lowest BCUT2D eigenvalue weighted by Gasteiger charge is -2.29. The number of rotatable bonds is 4. The molecule has 0 bridgehead atoms. The summed E-state index contributed by atoms with van der Waals surface area (Å²) in [7, 11) is -3.61. The zero-order chi connectivity index (χ0) is 17.2. The summed E-state index contributed by atoms with van der Waals surface area (Å²) in [6.45, 7) is 3.91. The number of aryl methyl sites for hydroxylation is 1. The van der Waals surface area contributed by atoms with Gasteiger partial charge in [0.05, 0.1) is 21.3 Å². The number of nitrogens with zero attached hydrogens (tertiary/aromatic N) is 1. The van der Waals surface area contributed by atoms with E-state index in [9.17, 15) is 8.42 Å². The summed E-state index contributed by atoms with van der Waals surface area (Å²) in [5.41, 5.74) is 2.46. The molecule has 128 valence electrons. The fraction of sp³-hybridized carbons (Fsp3) is 0.333. The Kier molecular flexibility index (Phi) is 5.01. The van der Waals surface area contributed by atoms with E-state index in [0.717, 1.165) is 37.2 Å². The van der Waals surface area contributed by atoms with Crippen LogP contribution in [0.4, 0.5) is 11.4 Å². The highest BCUT2D eigenvalue weighted by Crippen LogP contribution is 2.31. The van der Waals surface area contributed by atoms with Gasteiger partial charge >= 0.3 is 0 Å². The Morgan fingerprint density at radius 2 is 1.67 bits per heavy atom. The maximum absolute atomic E-state index is 12.4. The largest absolute Gasteiger partial charge is 0.370 e. The predicted octanol–water partition coefficient (Wildman–Crippen LogP) is 4.44. The Labute approximate surface area is 148 Å². The maximum Gasteiger partial charge on any atom is 0.261 e. The van der Waals surface area contributed by atoms with Crippen LogP contribution in [0.2, 0.25) is 5.02 Å². The van der Waals surface area contributed by atoms with Crippen LogP contribution in [0.3, 0.4) is 0 Å². The number of nitrogens with one attached hydrogen (secondary N) is 1. The fourth-order valence-corrected chi connectivity index (χ4v) is 4.24. The van der Waals surface area contributed by atoms with E-state index in [2.05, 4.69) is 9.62 Å². The van der Waals surface area contributed by atoms with Gasteiger partial charge in [0.2, 0.25) is 0 Å². The van der Waals surface area contributed by atoms with E-state index in [1.54, 1.807) is 36.4 Å². The van der Waals surface area contributed by atoms with Gasteiger partial charge in [0.25, 0.3) is 10.0 Å². The second-order valence-corrected chi connectivity index (χ2v) is 8.22. The van der Waals surface area contributed by atoms with Crippen molar-refractivity contribution in [1.82, 2.24) is 0 Å². The van der Waals surface area contributed by atoms with Gasteiger partial charge in [0.15, 0.2) is 0 Å². The number of hydrogen-bond acceptors (Lipinski definition) is 3. The first kappa shape index (κ1) is 17.1. The summed E-state index contributed by atoms with van der Waals surface area (Å²) in [5.74, 6) is 0. The van der Waals surface area contributed by atoms with Crippen molar-refractivity contribution in [3.05, 3.63) is 53.1 Å². The Morgan fingerprint density at radius 3 is 2.29 bits per heavy atom. The molecule has 1 heterocycles. The molecule has 0 aromatic heterocycles. The van der Waals surface area contributed by atoms with Crippen LogP contribution in [-0.2, 0) is 10.0 Å². The van der Waals surface area contributed by atoms with Gasteiger partial charge in [-0.15, -0.1) is 0 Å². The molecule has 1 aliphatic rings. The van der Waals surface area contributed by atoms with Crippen molar-refractivity contribution in [3.8, 4) is 0 Å². The lowest BCUT2D eigenvalue weighted by atomic mass is 10.1. The molecule has 4 nitrogen and oxygen atoms in total. The standard InChI is InChI=1S/C18H21ClN2O2S/c1-14-5-8-16(9-6-14)24(22,23)20-15-7-10-18(17(19)13-15)21-11-3-2-4-12-21/h5-10,13,20H,2-4,11-12H2,1H3. The van der Waals surface area contributed by atoms with E-state index < -0.39 is 10.0 Å². The summed E-state index contributed by atoms with van der Waals surface area (Å²) in [5, 5.41) is 0.570. The van der Waals surface area contributed by atoms with Crippen LogP contribution in [0, 0.1) is 6.92 Å². The van der Waals surface area contributed by atoms with Crippen LogP contribution in [-0.4, -0.2) is 21.5 Å². The van der Waals surface area contributed by atoms with E-state index in [1.165, 1.54) is 6.42 Å².